The van der Waals surface area contributed by atoms with Gasteiger partial charge in [-0.2, -0.15) is 0 Å². The zero-order valence-corrected chi connectivity index (χ0v) is 7.26. The smallest absolute Gasteiger partial charge is 0.152 e. The predicted molar refractivity (Wildman–Crippen MR) is 40.1 cm³/mol. The fourth-order valence-corrected chi connectivity index (χ4v) is 0. The van der Waals surface area contributed by atoms with E-state index in [-0.39, 0.29) is 66.4 Å². The van der Waals surface area contributed by atoms with E-state index < -0.39 is 0 Å². The molecule has 0 rings (SSSR count). The molecule has 13 heavy (non-hydrogen) atoms. The maximum atomic E-state index is 8.11. The number of hydrogen-bond acceptors (Lipinski definition) is 2. The van der Waals surface area contributed by atoms with E-state index in [1.54, 1.807) is 0 Å². The summed E-state index contributed by atoms with van der Waals surface area (Å²) in [6, 6.07) is 0. The van der Waals surface area contributed by atoms with Crippen molar-refractivity contribution < 1.29 is 71.6 Å². The van der Waals surface area contributed by atoms with Gasteiger partial charge in [-0.25, -0.2) is 0 Å². The molecule has 19 N–H and O–H groups in total. The minimum absolute atomic E-state index is 0. The van der Waals surface area contributed by atoms with Gasteiger partial charge in [0.25, 0.3) is 0 Å². The monoisotopic (exact) mass is 265 g/mol. The Bertz CT molecular complexity index is 17.6. The van der Waals surface area contributed by atoms with Crippen LogP contribution in [0.5, 0.6) is 0 Å². The third-order valence-corrected chi connectivity index (χ3v) is 0. The Kier molecular flexibility index (Phi) is 219000. The zero-order valence-electron chi connectivity index (χ0n) is 6.16. The summed E-state index contributed by atoms with van der Waals surface area (Å²) >= 11 is 0. The summed E-state index contributed by atoms with van der Waals surface area (Å²) in [4.78, 5) is 8.11. The molecule has 13 heteroatoms. The van der Waals surface area contributed by atoms with Crippen LogP contribution >= 0.6 is 0 Å². The summed E-state index contributed by atoms with van der Waals surface area (Å²) in [7, 11) is 0. The number of hydrogen-bond donors (Lipinski definition) is 1. The van der Waals surface area contributed by atoms with Crippen molar-refractivity contribution in [2.75, 3.05) is 0 Å². The van der Waals surface area contributed by atoms with Gasteiger partial charge < -0.3 is 54.5 Å². The van der Waals surface area contributed by atoms with E-state index in [1.165, 1.54) is 5.34 Å². The average Bonchev–Trinajstić information content (AvgIpc) is 0.918. The molecule has 12 nitrogen and oxygen atoms in total. The molecule has 0 bridgehead atoms. The van der Waals surface area contributed by atoms with E-state index in [9.17, 15) is 0 Å². The van der Waals surface area contributed by atoms with Crippen molar-refractivity contribution in [1.82, 2.24) is 0 Å². The molecule has 0 fully saturated rings. The molecule has 0 amide bonds. The molecule has 0 saturated carbocycles. The van der Waals surface area contributed by atoms with Gasteiger partial charge in [-0.3, -0.25) is 0 Å². The summed E-state index contributed by atoms with van der Waals surface area (Å²) in [5, 5.41) is 7.89. The second-order valence-corrected chi connectivity index (χ2v) is 0.0816. The first-order chi connectivity index (χ1) is 1.41. The van der Waals surface area contributed by atoms with E-state index in [0.29, 0.717) is 0 Å². The molecule has 0 atom stereocenters. The van der Waals surface area contributed by atoms with Crippen molar-refractivity contribution >= 4 is 0 Å². The minimum Gasteiger partial charge on any atom is -0.412 e. The van der Waals surface area contributed by atoms with Crippen LogP contribution < -0.4 is 0 Å². The van der Waals surface area contributed by atoms with Gasteiger partial charge in [-0.1, -0.05) is 0 Å². The van der Waals surface area contributed by atoms with Crippen LogP contribution in [0, 0.1) is 4.91 Å². The van der Waals surface area contributed by atoms with Crippen molar-refractivity contribution in [3.05, 3.63) is 4.91 Å². The molecular weight excluding hydrogens is 246 g/mol. The van der Waals surface area contributed by atoms with Gasteiger partial charge in [-0.15, -0.1) is 4.91 Å². The van der Waals surface area contributed by atoms with Gasteiger partial charge >= 0.3 is 0 Å². The van der Waals surface area contributed by atoms with Crippen LogP contribution in [0.4, 0.5) is 0 Å². The quantitative estimate of drug-likeness (QED) is 0.253. The Balaban J connectivity index is -0.000000000444. The van der Waals surface area contributed by atoms with Crippen LogP contribution in [0.1, 0.15) is 0 Å². The molecule has 0 saturated heterocycles. The van der Waals surface area contributed by atoms with E-state index >= 15 is 0 Å². The van der Waals surface area contributed by atoms with E-state index in [1.807, 2.05) is 0 Å². The fraction of sp³-hybridized carbons (Fsp3) is 0. The Morgan fingerprint density at radius 1 is 0.615 bits per heavy atom. The summed E-state index contributed by atoms with van der Waals surface area (Å²) in [6.07, 6.45) is 0. The summed E-state index contributed by atoms with van der Waals surface area (Å²) in [6.45, 7) is 0. The van der Waals surface area contributed by atoms with Gasteiger partial charge in [0.1, 0.15) is 0 Å². The van der Waals surface area contributed by atoms with Crippen LogP contribution in [0.2, 0.25) is 0 Å². The van der Waals surface area contributed by atoms with Crippen LogP contribution in [0.3, 0.4) is 0 Å². The molecule has 0 unspecified atom stereocenters. The number of rotatable bonds is 0. The molecule has 0 aromatic carbocycles. The standard InChI is InChI=1S/Fe.HNO2.9H2O/c;2-1-3;;;;;;;;;/h;(H,2,3);9*1H2. The zero-order chi connectivity index (χ0) is 2.71. The van der Waals surface area contributed by atoms with Crippen LogP contribution in [0.25, 0.3) is 0 Å². The normalized spacial score (nSPS) is 0.923. The second-order valence-electron chi connectivity index (χ2n) is 0.0816. The Labute approximate surface area is 82.7 Å². The topological polar surface area (TPSA) is 333 Å². The maximum absolute atomic E-state index is 8.11. The third-order valence-electron chi connectivity index (χ3n) is 0. The second kappa shape index (κ2) is 4120. The predicted octanol–water partition coefficient (Wildman–Crippen LogP) is -7.28. The van der Waals surface area contributed by atoms with Crippen molar-refractivity contribution in [3.8, 4) is 0 Å². The summed E-state index contributed by atoms with van der Waals surface area (Å²) < 4.78 is 0. The molecule has 0 aliphatic carbocycles. The van der Waals surface area contributed by atoms with Gasteiger partial charge in [0, 0.05) is 17.1 Å². The maximum Gasteiger partial charge on any atom is 0.152 e. The molecule has 0 heterocycles. The molecule has 0 spiro atoms. The molecule has 0 aromatic heterocycles. The summed E-state index contributed by atoms with van der Waals surface area (Å²) in [5.41, 5.74) is 0. The Morgan fingerprint density at radius 2 is 0.615 bits per heavy atom. The van der Waals surface area contributed by atoms with Gasteiger partial charge in [0.05, 0.1) is 0 Å². The van der Waals surface area contributed by atoms with Crippen molar-refractivity contribution in [2.24, 2.45) is 5.34 Å². The van der Waals surface area contributed by atoms with Crippen molar-refractivity contribution in [2.45, 2.75) is 0 Å². The van der Waals surface area contributed by atoms with Crippen LogP contribution in [-0.4, -0.2) is 54.5 Å². The Hall–Kier alpha value is -0.441. The molecule has 0 aliphatic heterocycles. The SMILES string of the molecule is O.O.O.O.O.O.O.O.O.O=NO.[Fe]. The first-order valence-corrected chi connectivity index (χ1v) is 0.383. The molecule has 98 valence electrons. The molecule has 0 radical (unpaired) electrons. The van der Waals surface area contributed by atoms with Gasteiger partial charge in [0.2, 0.25) is 0 Å². The van der Waals surface area contributed by atoms with Crippen molar-refractivity contribution in [1.29, 1.82) is 0 Å². The molecular formula is H19FeNO11. The first kappa shape index (κ1) is 690. The van der Waals surface area contributed by atoms with Crippen LogP contribution in [0.15, 0.2) is 5.34 Å². The van der Waals surface area contributed by atoms with Gasteiger partial charge in [-0.05, 0) is 0 Å². The van der Waals surface area contributed by atoms with Crippen molar-refractivity contribution in [3.63, 3.8) is 0 Å². The summed E-state index contributed by atoms with van der Waals surface area (Å²) in [5.74, 6) is 0. The largest absolute Gasteiger partial charge is 0.412 e. The van der Waals surface area contributed by atoms with E-state index in [4.69, 9.17) is 10.1 Å². The van der Waals surface area contributed by atoms with E-state index in [0.717, 1.165) is 0 Å². The number of nitrogens with zero attached hydrogens (tertiary/aromatic N) is 1. The van der Waals surface area contributed by atoms with E-state index in [2.05, 4.69) is 0 Å². The molecule has 0 aromatic rings. The Morgan fingerprint density at radius 3 is 0.615 bits per heavy atom. The minimum atomic E-state index is 0. The average molecular weight is 265 g/mol. The third kappa shape index (κ3) is 5440. The molecule has 0 aliphatic rings. The fourth-order valence-electron chi connectivity index (χ4n) is 0. The van der Waals surface area contributed by atoms with Gasteiger partial charge in [0.15, 0.2) is 5.34 Å². The first-order valence-electron chi connectivity index (χ1n) is 0.383. The van der Waals surface area contributed by atoms with Crippen LogP contribution in [-0.2, 0) is 17.1 Å².